The lowest BCUT2D eigenvalue weighted by Crippen LogP contribution is -2.06. The average molecular weight is 262 g/mol. The molecule has 0 aliphatic carbocycles. The monoisotopic (exact) mass is 262 g/mol. The Morgan fingerprint density at radius 3 is 2.47 bits per heavy atom. The molecular weight excluding hydrogens is 248 g/mol. The minimum atomic E-state index is -1.09. The molecule has 0 fully saturated rings. The van der Waals surface area contributed by atoms with Gasteiger partial charge in [0.2, 0.25) is 0 Å². The highest BCUT2D eigenvalue weighted by Gasteiger charge is 2.17. The third-order valence-electron chi connectivity index (χ3n) is 2.72. The van der Waals surface area contributed by atoms with Crippen LogP contribution in [0.25, 0.3) is 6.08 Å². The Balaban J connectivity index is 3.24. The average Bonchev–Trinajstić information content (AvgIpc) is 2.64. The first kappa shape index (κ1) is 14.5. The number of hydrogen-bond donors (Lipinski definition) is 2. The summed E-state index contributed by atoms with van der Waals surface area (Å²) < 4.78 is 4.73. The molecule has 6 nitrogen and oxygen atoms in total. The summed E-state index contributed by atoms with van der Waals surface area (Å²) >= 11 is 0. The Hall–Kier alpha value is -2.55. The number of nitrogens with zero attached hydrogens (tertiary/aromatic N) is 1. The van der Waals surface area contributed by atoms with Crippen LogP contribution in [0.1, 0.15) is 34.2 Å². The molecule has 0 aliphatic heterocycles. The Labute approximate surface area is 110 Å². The lowest BCUT2D eigenvalue weighted by Gasteiger charge is -1.99. The number of carbonyl (C=O) groups excluding carboxylic acids is 1. The zero-order valence-corrected chi connectivity index (χ0v) is 10.9. The highest BCUT2D eigenvalue weighted by Crippen LogP contribution is 2.20. The van der Waals surface area contributed by atoms with Crippen LogP contribution in [-0.4, -0.2) is 28.6 Å². The summed E-state index contributed by atoms with van der Waals surface area (Å²) in [6.07, 6.45) is 1.30. The fourth-order valence-corrected chi connectivity index (χ4v) is 1.56. The van der Waals surface area contributed by atoms with Crippen molar-refractivity contribution < 1.29 is 19.4 Å². The van der Waals surface area contributed by atoms with E-state index in [1.165, 1.54) is 6.08 Å². The van der Waals surface area contributed by atoms with Crippen molar-refractivity contribution in [3.8, 4) is 6.07 Å². The molecule has 1 heterocycles. The standard InChI is InChI=1S/C13H14N2O4/c1-4-19-13(18)9(6-14)5-10-7(2)8(3)11(15-10)12(16)17/h5,15H,4H2,1-3H3,(H,16,17)/b9-5+. The smallest absolute Gasteiger partial charge is 0.352 e. The Morgan fingerprint density at radius 2 is 2.05 bits per heavy atom. The molecule has 100 valence electrons. The van der Waals surface area contributed by atoms with Crippen LogP contribution < -0.4 is 0 Å². The van der Waals surface area contributed by atoms with Gasteiger partial charge < -0.3 is 14.8 Å². The molecule has 0 aromatic carbocycles. The van der Waals surface area contributed by atoms with Crippen molar-refractivity contribution in [3.05, 3.63) is 28.1 Å². The summed E-state index contributed by atoms with van der Waals surface area (Å²) in [7, 11) is 0. The maximum Gasteiger partial charge on any atom is 0.352 e. The fraction of sp³-hybridized carbons (Fsp3) is 0.308. The minimum absolute atomic E-state index is 0.0462. The highest BCUT2D eigenvalue weighted by molar-refractivity contribution is 5.98. The summed E-state index contributed by atoms with van der Waals surface area (Å²) in [5, 5.41) is 17.9. The molecule has 1 aromatic heterocycles. The van der Waals surface area contributed by atoms with Gasteiger partial charge in [0.25, 0.3) is 0 Å². The highest BCUT2D eigenvalue weighted by atomic mass is 16.5. The van der Waals surface area contributed by atoms with Crippen LogP contribution in [0.15, 0.2) is 5.57 Å². The quantitative estimate of drug-likeness (QED) is 0.489. The first-order valence-corrected chi connectivity index (χ1v) is 5.63. The molecule has 0 bridgehead atoms. The molecule has 0 atom stereocenters. The minimum Gasteiger partial charge on any atom is -0.477 e. The lowest BCUT2D eigenvalue weighted by molar-refractivity contribution is -0.137. The van der Waals surface area contributed by atoms with E-state index in [1.54, 1.807) is 26.8 Å². The van der Waals surface area contributed by atoms with Crippen LogP contribution >= 0.6 is 0 Å². The number of ether oxygens (including phenoxy) is 1. The molecule has 0 aliphatic rings. The van der Waals surface area contributed by atoms with Gasteiger partial charge in [0, 0.05) is 5.69 Å². The van der Waals surface area contributed by atoms with Crippen molar-refractivity contribution >= 4 is 18.0 Å². The number of esters is 1. The van der Waals surface area contributed by atoms with E-state index >= 15 is 0 Å². The van der Waals surface area contributed by atoms with Gasteiger partial charge in [-0.1, -0.05) is 0 Å². The van der Waals surface area contributed by atoms with Gasteiger partial charge in [-0.15, -0.1) is 0 Å². The van der Waals surface area contributed by atoms with Crippen molar-refractivity contribution in [1.82, 2.24) is 4.98 Å². The topological polar surface area (TPSA) is 103 Å². The predicted molar refractivity (Wildman–Crippen MR) is 67.4 cm³/mol. The zero-order chi connectivity index (χ0) is 14.6. The predicted octanol–water partition coefficient (Wildman–Crippen LogP) is 1.80. The first-order valence-electron chi connectivity index (χ1n) is 5.63. The number of rotatable bonds is 4. The van der Waals surface area contributed by atoms with Crippen molar-refractivity contribution in [3.63, 3.8) is 0 Å². The van der Waals surface area contributed by atoms with Gasteiger partial charge in [0.05, 0.1) is 6.61 Å². The fourth-order valence-electron chi connectivity index (χ4n) is 1.56. The summed E-state index contributed by atoms with van der Waals surface area (Å²) in [6, 6.07) is 1.74. The van der Waals surface area contributed by atoms with Crippen LogP contribution in [0, 0.1) is 25.2 Å². The number of nitriles is 1. The number of carboxylic acids is 1. The van der Waals surface area contributed by atoms with Crippen LogP contribution in [0.2, 0.25) is 0 Å². The first-order chi connectivity index (χ1) is 8.92. The summed E-state index contributed by atoms with van der Waals surface area (Å²) in [5.74, 6) is -1.82. The molecular formula is C13H14N2O4. The molecule has 0 radical (unpaired) electrons. The largest absolute Gasteiger partial charge is 0.477 e. The molecule has 0 saturated carbocycles. The molecule has 1 aromatic rings. The summed E-state index contributed by atoms with van der Waals surface area (Å²) in [6.45, 7) is 5.17. The summed E-state index contributed by atoms with van der Waals surface area (Å²) in [5.41, 5.74) is 1.53. The second-order valence-corrected chi connectivity index (χ2v) is 3.86. The summed E-state index contributed by atoms with van der Waals surface area (Å²) in [4.78, 5) is 25.1. The van der Waals surface area contributed by atoms with Crippen LogP contribution in [0.3, 0.4) is 0 Å². The number of H-pyrrole nitrogens is 1. The van der Waals surface area contributed by atoms with Crippen molar-refractivity contribution in [1.29, 1.82) is 5.26 Å². The van der Waals surface area contributed by atoms with Gasteiger partial charge in [-0.3, -0.25) is 0 Å². The second kappa shape index (κ2) is 5.87. The Bertz CT molecular complexity index is 591. The molecule has 0 unspecified atom stereocenters. The maximum absolute atomic E-state index is 11.5. The van der Waals surface area contributed by atoms with Crippen molar-refractivity contribution in [2.24, 2.45) is 0 Å². The third-order valence-corrected chi connectivity index (χ3v) is 2.72. The van der Waals surface area contributed by atoms with Crippen LogP contribution in [0.4, 0.5) is 0 Å². The van der Waals surface area contributed by atoms with Gasteiger partial charge in [-0.25, -0.2) is 9.59 Å². The van der Waals surface area contributed by atoms with Crippen molar-refractivity contribution in [2.45, 2.75) is 20.8 Å². The molecule has 2 N–H and O–H groups in total. The second-order valence-electron chi connectivity index (χ2n) is 3.86. The van der Waals surface area contributed by atoms with E-state index in [-0.39, 0.29) is 17.9 Å². The molecule has 6 heteroatoms. The van der Waals surface area contributed by atoms with E-state index in [2.05, 4.69) is 4.98 Å². The molecule has 0 amide bonds. The molecule has 0 spiro atoms. The number of carboxylic acid groups (broad SMARTS) is 1. The van der Waals surface area contributed by atoms with Gasteiger partial charge in [-0.2, -0.15) is 5.26 Å². The van der Waals surface area contributed by atoms with E-state index in [1.807, 2.05) is 0 Å². The number of aromatic carboxylic acids is 1. The van der Waals surface area contributed by atoms with Crippen LogP contribution in [-0.2, 0) is 9.53 Å². The molecule has 0 saturated heterocycles. The van der Waals surface area contributed by atoms with E-state index in [9.17, 15) is 9.59 Å². The Morgan fingerprint density at radius 1 is 1.42 bits per heavy atom. The van der Waals surface area contributed by atoms with Crippen molar-refractivity contribution in [2.75, 3.05) is 6.61 Å². The number of hydrogen-bond acceptors (Lipinski definition) is 4. The Kier molecular flexibility index (Phi) is 4.48. The van der Waals surface area contributed by atoms with E-state index < -0.39 is 11.9 Å². The van der Waals surface area contributed by atoms with E-state index in [0.717, 1.165) is 0 Å². The van der Waals surface area contributed by atoms with Gasteiger partial charge >= 0.3 is 11.9 Å². The SMILES string of the molecule is CCOC(=O)/C(C#N)=C/c1[nH]c(C(=O)O)c(C)c1C. The van der Waals surface area contributed by atoms with E-state index in [4.69, 9.17) is 15.1 Å². The van der Waals surface area contributed by atoms with Gasteiger partial charge in [0.1, 0.15) is 17.3 Å². The van der Waals surface area contributed by atoms with E-state index in [0.29, 0.717) is 16.8 Å². The molecule has 1 rings (SSSR count). The third kappa shape index (κ3) is 3.01. The maximum atomic E-state index is 11.5. The number of nitrogens with one attached hydrogen (secondary N) is 1. The van der Waals surface area contributed by atoms with Gasteiger partial charge in [-0.05, 0) is 38.0 Å². The van der Waals surface area contributed by atoms with Gasteiger partial charge in [0.15, 0.2) is 0 Å². The zero-order valence-electron chi connectivity index (χ0n) is 10.9. The number of carbonyl (C=O) groups is 2. The van der Waals surface area contributed by atoms with Crippen LogP contribution in [0.5, 0.6) is 0 Å². The molecule has 19 heavy (non-hydrogen) atoms. The normalized spacial score (nSPS) is 10.9. The number of aromatic nitrogens is 1. The lowest BCUT2D eigenvalue weighted by atomic mass is 10.1. The number of aromatic amines is 1.